The fourth-order valence-corrected chi connectivity index (χ4v) is 8.74. The molecule has 42 heavy (non-hydrogen) atoms. The summed E-state index contributed by atoms with van der Waals surface area (Å²) in [6.45, 7) is 0. The predicted octanol–water partition coefficient (Wildman–Crippen LogP) is 9.92. The van der Waals surface area contributed by atoms with Crippen LogP contribution in [0.15, 0.2) is 133 Å². The van der Waals surface area contributed by atoms with Crippen molar-refractivity contribution in [2.45, 2.75) is 25.3 Å². The molecule has 4 aliphatic rings. The first kappa shape index (κ1) is 22.8. The van der Waals surface area contributed by atoms with E-state index < -0.39 is 0 Å². The van der Waals surface area contributed by atoms with Gasteiger partial charge in [0.2, 0.25) is 0 Å². The monoisotopic (exact) mass is 538 g/mol. The molecule has 3 aliphatic carbocycles. The van der Waals surface area contributed by atoms with Gasteiger partial charge >= 0.3 is 0 Å². The number of anilines is 1. The molecular weight excluding hydrogens is 508 g/mol. The first-order chi connectivity index (χ1) is 20.9. The Kier molecular flexibility index (Phi) is 4.54. The summed E-state index contributed by atoms with van der Waals surface area (Å²) in [6.07, 6.45) is 11.0. The first-order valence-corrected chi connectivity index (χ1v) is 15.4. The molecule has 1 saturated heterocycles. The van der Waals surface area contributed by atoms with Crippen LogP contribution in [0.1, 0.15) is 30.4 Å². The molecule has 0 saturated carbocycles. The first-order valence-electron chi connectivity index (χ1n) is 15.4. The van der Waals surface area contributed by atoms with Crippen molar-refractivity contribution in [2.75, 3.05) is 4.90 Å². The number of para-hydroxylation sites is 2. The number of hydrogen-bond acceptors (Lipinski definition) is 1. The van der Waals surface area contributed by atoms with Crippen LogP contribution >= 0.6 is 0 Å². The minimum Gasteiger partial charge on any atom is -0.340 e. The second-order valence-electron chi connectivity index (χ2n) is 12.3. The topological polar surface area (TPSA) is 8.17 Å². The molecule has 2 nitrogen and oxygen atoms in total. The van der Waals surface area contributed by atoms with Crippen LogP contribution in [0.3, 0.4) is 0 Å². The number of aromatic nitrogens is 1. The summed E-state index contributed by atoms with van der Waals surface area (Å²) in [5.74, 6) is 1.07. The van der Waals surface area contributed by atoms with Crippen molar-refractivity contribution >= 4 is 49.4 Å². The molecular formula is C40H30N2. The average Bonchev–Trinajstić information content (AvgIpc) is 3.69. The Hall–Kier alpha value is -4.82. The van der Waals surface area contributed by atoms with Crippen molar-refractivity contribution in [3.8, 4) is 5.69 Å². The molecule has 1 fully saturated rings. The van der Waals surface area contributed by atoms with Gasteiger partial charge in [0.05, 0.1) is 11.0 Å². The molecule has 2 heterocycles. The van der Waals surface area contributed by atoms with E-state index in [2.05, 4.69) is 137 Å². The van der Waals surface area contributed by atoms with Crippen molar-refractivity contribution in [1.82, 2.24) is 4.57 Å². The van der Waals surface area contributed by atoms with Gasteiger partial charge in [-0.15, -0.1) is 0 Å². The summed E-state index contributed by atoms with van der Waals surface area (Å²) < 4.78 is 2.42. The summed E-state index contributed by atoms with van der Waals surface area (Å²) in [4.78, 5) is 2.75. The quantitative estimate of drug-likeness (QED) is 0.199. The van der Waals surface area contributed by atoms with E-state index in [1.807, 2.05) is 0 Å². The molecule has 0 radical (unpaired) electrons. The highest BCUT2D eigenvalue weighted by molar-refractivity contribution is 6.23. The van der Waals surface area contributed by atoms with E-state index in [1.165, 1.54) is 72.6 Å². The van der Waals surface area contributed by atoms with E-state index in [0.29, 0.717) is 17.9 Å². The maximum atomic E-state index is 2.75. The highest BCUT2D eigenvalue weighted by Crippen LogP contribution is 2.58. The Morgan fingerprint density at radius 3 is 2.10 bits per heavy atom. The van der Waals surface area contributed by atoms with Gasteiger partial charge in [0.1, 0.15) is 0 Å². The molecule has 3 unspecified atom stereocenters. The van der Waals surface area contributed by atoms with E-state index in [0.717, 1.165) is 12.8 Å². The largest absolute Gasteiger partial charge is 0.340 e. The van der Waals surface area contributed by atoms with Crippen LogP contribution < -0.4 is 4.90 Å². The van der Waals surface area contributed by atoms with Gasteiger partial charge in [-0.2, -0.15) is 0 Å². The molecule has 1 aliphatic heterocycles. The van der Waals surface area contributed by atoms with Crippen LogP contribution in [-0.2, 0) is 0 Å². The Bertz CT molecular complexity index is 2130. The minimum absolute atomic E-state index is 0.497. The normalized spacial score (nSPS) is 22.1. The molecule has 0 amide bonds. The lowest BCUT2D eigenvalue weighted by atomic mass is 9.78. The average molecular weight is 539 g/mol. The lowest BCUT2D eigenvalue weighted by Gasteiger charge is -2.32. The SMILES string of the molecule is C1=CC2C3CC=C4C(=C3N(c3ccc(-n5c6ccccc6c6ccccc65)cc3)C2CC1)c1cccc2cccc4c12. The molecule has 10 rings (SSSR count). The van der Waals surface area contributed by atoms with Crippen LogP contribution in [-0.4, -0.2) is 10.6 Å². The Morgan fingerprint density at radius 2 is 1.33 bits per heavy atom. The van der Waals surface area contributed by atoms with Crippen molar-refractivity contribution in [2.24, 2.45) is 11.8 Å². The van der Waals surface area contributed by atoms with Gasteiger partial charge in [-0.25, -0.2) is 0 Å². The molecule has 0 bridgehead atoms. The molecule has 0 spiro atoms. The maximum Gasteiger partial charge on any atom is 0.0541 e. The highest BCUT2D eigenvalue weighted by atomic mass is 15.2. The Labute approximate surface area is 245 Å². The third-order valence-electron chi connectivity index (χ3n) is 10.4. The standard InChI is InChI=1S/C40H30N2/c1-4-16-35-28(11-1)29-12-2-5-17-36(29)41(35)26-19-21-27(22-20-26)42-37-18-6-3-13-30(37)33-24-23-32-31-14-7-9-25-10-8-15-34(38(25)31)39(32)40(33)42/h1-5,7-17,19-23,30,33,37H,6,18,24H2. The molecule has 200 valence electrons. The summed E-state index contributed by atoms with van der Waals surface area (Å²) in [7, 11) is 0. The summed E-state index contributed by atoms with van der Waals surface area (Å²) in [6, 6.07) is 41.2. The van der Waals surface area contributed by atoms with E-state index in [9.17, 15) is 0 Å². The molecule has 3 atom stereocenters. The summed E-state index contributed by atoms with van der Waals surface area (Å²) in [5.41, 5.74) is 12.4. The van der Waals surface area contributed by atoms with Crippen molar-refractivity contribution < 1.29 is 0 Å². The third kappa shape index (κ3) is 2.89. The van der Waals surface area contributed by atoms with Crippen molar-refractivity contribution in [3.63, 3.8) is 0 Å². The van der Waals surface area contributed by atoms with Crippen molar-refractivity contribution in [3.05, 3.63) is 144 Å². The predicted molar refractivity (Wildman–Crippen MR) is 176 cm³/mol. The van der Waals surface area contributed by atoms with Crippen LogP contribution in [0, 0.1) is 11.8 Å². The van der Waals surface area contributed by atoms with Gasteiger partial charge in [-0.05, 0) is 83.1 Å². The molecule has 2 heteroatoms. The fourth-order valence-electron chi connectivity index (χ4n) is 8.74. The minimum atomic E-state index is 0.497. The Balaban J connectivity index is 1.17. The summed E-state index contributed by atoms with van der Waals surface area (Å²) in [5, 5.41) is 5.39. The van der Waals surface area contributed by atoms with E-state index in [4.69, 9.17) is 0 Å². The molecule has 6 aromatic rings. The number of allylic oxidation sites excluding steroid dienone is 5. The molecule has 1 aromatic heterocycles. The van der Waals surface area contributed by atoms with Crippen LogP contribution in [0.4, 0.5) is 5.69 Å². The van der Waals surface area contributed by atoms with Crippen LogP contribution in [0.25, 0.3) is 49.4 Å². The number of hydrogen-bond donors (Lipinski definition) is 0. The Morgan fingerprint density at radius 1 is 0.643 bits per heavy atom. The van der Waals surface area contributed by atoms with E-state index in [1.54, 1.807) is 5.70 Å². The highest BCUT2D eigenvalue weighted by Gasteiger charge is 2.48. The molecule has 0 N–H and O–H groups in total. The second kappa shape index (κ2) is 8.36. The van der Waals surface area contributed by atoms with Crippen LogP contribution in [0.2, 0.25) is 0 Å². The number of benzene rings is 5. The second-order valence-corrected chi connectivity index (χ2v) is 12.3. The number of fused-ring (bicyclic) bond motifs is 9. The van der Waals surface area contributed by atoms with Gasteiger partial charge in [0, 0.05) is 51.3 Å². The lowest BCUT2D eigenvalue weighted by molar-refractivity contribution is 0.426. The van der Waals surface area contributed by atoms with Gasteiger partial charge in [-0.3, -0.25) is 0 Å². The smallest absolute Gasteiger partial charge is 0.0541 e. The lowest BCUT2D eigenvalue weighted by Crippen LogP contribution is -2.33. The fraction of sp³-hybridized carbons (Fsp3) is 0.150. The van der Waals surface area contributed by atoms with Gasteiger partial charge in [0.15, 0.2) is 0 Å². The number of nitrogens with zero attached hydrogens (tertiary/aromatic N) is 2. The number of rotatable bonds is 2. The van der Waals surface area contributed by atoms with Gasteiger partial charge < -0.3 is 9.47 Å². The van der Waals surface area contributed by atoms with Gasteiger partial charge in [-0.1, -0.05) is 91.0 Å². The van der Waals surface area contributed by atoms with E-state index in [-0.39, 0.29) is 0 Å². The molecule has 5 aromatic carbocycles. The van der Waals surface area contributed by atoms with E-state index >= 15 is 0 Å². The summed E-state index contributed by atoms with van der Waals surface area (Å²) >= 11 is 0. The zero-order chi connectivity index (χ0) is 27.4. The van der Waals surface area contributed by atoms with Gasteiger partial charge in [0.25, 0.3) is 0 Å². The maximum absolute atomic E-state index is 2.75. The van der Waals surface area contributed by atoms with Crippen molar-refractivity contribution in [1.29, 1.82) is 0 Å². The van der Waals surface area contributed by atoms with Crippen LogP contribution in [0.5, 0.6) is 0 Å². The zero-order valence-corrected chi connectivity index (χ0v) is 23.4. The third-order valence-corrected chi connectivity index (χ3v) is 10.4. The zero-order valence-electron chi connectivity index (χ0n) is 23.4.